The van der Waals surface area contributed by atoms with Crippen LogP contribution in [0.5, 0.6) is 5.88 Å². The number of aryl methyl sites for hydroxylation is 1. The van der Waals surface area contributed by atoms with E-state index in [1.165, 1.54) is 6.07 Å². The molecule has 0 bridgehead atoms. The number of aromatic nitrogens is 4. The monoisotopic (exact) mass is 379 g/mol. The Bertz CT molecular complexity index is 1070. The van der Waals surface area contributed by atoms with Gasteiger partial charge in [-0.15, -0.1) is 0 Å². The summed E-state index contributed by atoms with van der Waals surface area (Å²) in [5.74, 6) is 1.12. The number of H-pyrrole nitrogens is 1. The standard InChI is InChI=1S/C20H21N5O3/c1-3-24-8-6-13(10-18(24)26)20(27)25-9-7-15-16(12-25)23-19(22-15)14-4-5-17(28-2)21-11-14/h4-6,8,10-11H,3,7,9,12H2,1-2H3,(H,22,23). The van der Waals surface area contributed by atoms with Crippen molar-refractivity contribution in [2.24, 2.45) is 0 Å². The van der Waals surface area contributed by atoms with Gasteiger partial charge in [0.25, 0.3) is 11.5 Å². The lowest BCUT2D eigenvalue weighted by molar-refractivity contribution is 0.0731. The van der Waals surface area contributed by atoms with E-state index in [-0.39, 0.29) is 11.5 Å². The Kier molecular flexibility index (Phi) is 4.68. The molecule has 144 valence electrons. The van der Waals surface area contributed by atoms with Gasteiger partial charge in [0, 0.05) is 55.2 Å². The van der Waals surface area contributed by atoms with Gasteiger partial charge in [-0.1, -0.05) is 0 Å². The van der Waals surface area contributed by atoms with E-state index in [0.717, 1.165) is 22.8 Å². The Hall–Kier alpha value is -3.42. The maximum Gasteiger partial charge on any atom is 0.254 e. The minimum absolute atomic E-state index is 0.145. The van der Waals surface area contributed by atoms with Gasteiger partial charge in [0.05, 0.1) is 25.0 Å². The number of carbonyl (C=O) groups excluding carboxylic acids is 1. The number of imidazole rings is 1. The summed E-state index contributed by atoms with van der Waals surface area (Å²) in [6, 6.07) is 6.78. The van der Waals surface area contributed by atoms with Crippen LogP contribution in [0.3, 0.4) is 0 Å². The third-order valence-electron chi connectivity index (χ3n) is 4.92. The molecule has 1 amide bonds. The Balaban J connectivity index is 1.54. The summed E-state index contributed by atoms with van der Waals surface area (Å²) in [5, 5.41) is 0. The van der Waals surface area contributed by atoms with E-state index in [2.05, 4.69) is 15.0 Å². The first kappa shape index (κ1) is 18.0. The van der Waals surface area contributed by atoms with Crippen LogP contribution >= 0.6 is 0 Å². The molecule has 0 aromatic carbocycles. The second-order valence-electron chi connectivity index (χ2n) is 6.62. The molecule has 28 heavy (non-hydrogen) atoms. The van der Waals surface area contributed by atoms with Gasteiger partial charge in [-0.25, -0.2) is 9.97 Å². The summed E-state index contributed by atoms with van der Waals surface area (Å²) >= 11 is 0. The zero-order valence-electron chi connectivity index (χ0n) is 15.8. The molecule has 0 unspecified atom stereocenters. The largest absolute Gasteiger partial charge is 0.481 e. The van der Waals surface area contributed by atoms with Crippen LogP contribution in [0.15, 0.2) is 41.5 Å². The van der Waals surface area contributed by atoms with Crippen molar-refractivity contribution in [3.63, 3.8) is 0 Å². The molecule has 0 saturated heterocycles. The van der Waals surface area contributed by atoms with Gasteiger partial charge in [-0.2, -0.15) is 0 Å². The molecule has 0 atom stereocenters. The first-order chi connectivity index (χ1) is 13.6. The Morgan fingerprint density at radius 3 is 2.86 bits per heavy atom. The number of amides is 1. The number of aromatic amines is 1. The van der Waals surface area contributed by atoms with Crippen LogP contribution < -0.4 is 10.3 Å². The highest BCUT2D eigenvalue weighted by molar-refractivity contribution is 5.94. The van der Waals surface area contributed by atoms with E-state index >= 15 is 0 Å². The molecule has 0 radical (unpaired) electrons. The van der Waals surface area contributed by atoms with Crippen LogP contribution in [0.4, 0.5) is 0 Å². The van der Waals surface area contributed by atoms with Crippen LogP contribution in [-0.2, 0) is 19.5 Å². The average molecular weight is 379 g/mol. The van der Waals surface area contributed by atoms with Crippen LogP contribution in [0.1, 0.15) is 28.7 Å². The van der Waals surface area contributed by atoms with Crippen molar-refractivity contribution in [3.05, 3.63) is 64.0 Å². The summed E-state index contributed by atoms with van der Waals surface area (Å²) in [4.78, 5) is 38.8. The quantitative estimate of drug-likeness (QED) is 0.747. The number of ether oxygens (including phenoxy) is 1. The van der Waals surface area contributed by atoms with E-state index in [0.29, 0.717) is 37.5 Å². The molecule has 8 heteroatoms. The van der Waals surface area contributed by atoms with Crippen LogP contribution in [0.2, 0.25) is 0 Å². The molecule has 3 aromatic heterocycles. The van der Waals surface area contributed by atoms with E-state index in [1.807, 2.05) is 13.0 Å². The van der Waals surface area contributed by atoms with E-state index in [1.54, 1.807) is 41.1 Å². The molecule has 1 aliphatic rings. The molecule has 8 nitrogen and oxygen atoms in total. The van der Waals surface area contributed by atoms with Gasteiger partial charge in [0.2, 0.25) is 5.88 Å². The third-order valence-corrected chi connectivity index (χ3v) is 4.92. The number of hydrogen-bond donors (Lipinski definition) is 1. The molecule has 4 rings (SSSR count). The number of carbonyl (C=O) groups is 1. The highest BCUT2D eigenvalue weighted by Gasteiger charge is 2.25. The molecular formula is C20H21N5O3. The highest BCUT2D eigenvalue weighted by Crippen LogP contribution is 2.24. The molecule has 3 aromatic rings. The summed E-state index contributed by atoms with van der Waals surface area (Å²) in [7, 11) is 1.57. The number of nitrogens with zero attached hydrogens (tertiary/aromatic N) is 4. The second kappa shape index (κ2) is 7.30. The Labute approximate surface area is 161 Å². The summed E-state index contributed by atoms with van der Waals surface area (Å²) < 4.78 is 6.65. The molecule has 0 saturated carbocycles. The molecular weight excluding hydrogens is 358 g/mol. The van der Waals surface area contributed by atoms with Gasteiger partial charge in [0.1, 0.15) is 5.82 Å². The fourth-order valence-corrected chi connectivity index (χ4v) is 3.33. The first-order valence-corrected chi connectivity index (χ1v) is 9.17. The maximum atomic E-state index is 12.8. The highest BCUT2D eigenvalue weighted by atomic mass is 16.5. The maximum absolute atomic E-state index is 12.8. The van der Waals surface area contributed by atoms with Crippen LogP contribution in [0.25, 0.3) is 11.4 Å². The summed E-state index contributed by atoms with van der Waals surface area (Å²) in [5.41, 5.74) is 2.97. The predicted molar refractivity (Wildman–Crippen MR) is 103 cm³/mol. The molecule has 0 aliphatic carbocycles. The normalized spacial score (nSPS) is 13.3. The van der Waals surface area contributed by atoms with Crippen molar-refractivity contribution in [1.29, 1.82) is 0 Å². The molecule has 0 fully saturated rings. The zero-order valence-corrected chi connectivity index (χ0v) is 15.8. The van der Waals surface area contributed by atoms with Gasteiger partial charge < -0.3 is 19.2 Å². The van der Waals surface area contributed by atoms with Crippen molar-refractivity contribution >= 4 is 5.91 Å². The van der Waals surface area contributed by atoms with Crippen molar-refractivity contribution in [2.75, 3.05) is 13.7 Å². The van der Waals surface area contributed by atoms with E-state index < -0.39 is 0 Å². The zero-order chi connectivity index (χ0) is 19.7. The molecule has 0 spiro atoms. The number of pyridine rings is 2. The SMILES string of the molecule is CCn1ccc(C(=O)N2CCc3nc(-c4ccc(OC)nc4)[nH]c3C2)cc1=O. The minimum Gasteiger partial charge on any atom is -0.481 e. The van der Waals surface area contributed by atoms with Crippen molar-refractivity contribution in [1.82, 2.24) is 24.4 Å². The molecule has 4 heterocycles. The number of rotatable bonds is 4. The average Bonchev–Trinajstić information content (AvgIpc) is 3.16. The van der Waals surface area contributed by atoms with Crippen molar-refractivity contribution in [2.45, 2.75) is 26.4 Å². The number of nitrogens with one attached hydrogen (secondary N) is 1. The van der Waals surface area contributed by atoms with Crippen molar-refractivity contribution in [3.8, 4) is 17.3 Å². The van der Waals surface area contributed by atoms with Crippen LogP contribution in [0, 0.1) is 0 Å². The van der Waals surface area contributed by atoms with Gasteiger partial charge >= 0.3 is 0 Å². The first-order valence-electron chi connectivity index (χ1n) is 9.17. The van der Waals surface area contributed by atoms with Crippen LogP contribution in [-0.4, -0.2) is 44.0 Å². The minimum atomic E-state index is -0.165. The Morgan fingerprint density at radius 2 is 2.18 bits per heavy atom. The van der Waals surface area contributed by atoms with Gasteiger partial charge in [-0.05, 0) is 19.1 Å². The van der Waals surface area contributed by atoms with Crippen molar-refractivity contribution < 1.29 is 9.53 Å². The third kappa shape index (κ3) is 3.28. The van der Waals surface area contributed by atoms with Gasteiger partial charge in [0.15, 0.2) is 0 Å². The van der Waals surface area contributed by atoms with E-state index in [9.17, 15) is 9.59 Å². The topological polar surface area (TPSA) is 93.1 Å². The molecule has 1 aliphatic heterocycles. The number of hydrogen-bond acceptors (Lipinski definition) is 5. The second-order valence-corrected chi connectivity index (χ2v) is 6.62. The fraction of sp³-hybridized carbons (Fsp3) is 0.300. The summed E-state index contributed by atoms with van der Waals surface area (Å²) in [6.07, 6.45) is 4.03. The molecule has 1 N–H and O–H groups in total. The number of methoxy groups -OCH3 is 1. The van der Waals surface area contributed by atoms with E-state index in [4.69, 9.17) is 4.74 Å². The summed E-state index contributed by atoms with van der Waals surface area (Å²) in [6.45, 7) is 3.47. The fourth-order valence-electron chi connectivity index (χ4n) is 3.33. The lowest BCUT2D eigenvalue weighted by Crippen LogP contribution is -2.36. The number of fused-ring (bicyclic) bond motifs is 1. The lowest BCUT2D eigenvalue weighted by atomic mass is 10.1. The van der Waals surface area contributed by atoms with Gasteiger partial charge in [-0.3, -0.25) is 9.59 Å². The lowest BCUT2D eigenvalue weighted by Gasteiger charge is -2.26. The Morgan fingerprint density at radius 1 is 1.32 bits per heavy atom. The predicted octanol–water partition coefficient (Wildman–Crippen LogP) is 1.86. The smallest absolute Gasteiger partial charge is 0.254 e.